The fourth-order valence-corrected chi connectivity index (χ4v) is 1.44. The Morgan fingerprint density at radius 3 is 2.44 bits per heavy atom. The van der Waals surface area contributed by atoms with Crippen LogP contribution in [0.25, 0.3) is 0 Å². The summed E-state index contributed by atoms with van der Waals surface area (Å²) in [7, 11) is 2.06. The molecule has 0 aromatic heterocycles. The molecule has 0 amide bonds. The molecule has 0 fully saturated rings. The van der Waals surface area contributed by atoms with Crippen LogP contribution in [0, 0.1) is 0 Å². The van der Waals surface area contributed by atoms with Crippen molar-refractivity contribution in [3.05, 3.63) is 29.8 Å². The summed E-state index contributed by atoms with van der Waals surface area (Å²) in [5.41, 5.74) is 0.786. The fraction of sp³-hybridized carbons (Fsp3) is 0.500. The van der Waals surface area contributed by atoms with Crippen molar-refractivity contribution in [1.29, 1.82) is 0 Å². The number of carboxylic acid groups (broad SMARTS) is 1. The fourth-order valence-electron chi connectivity index (χ4n) is 1.44. The van der Waals surface area contributed by atoms with Crippen LogP contribution in [0.1, 0.15) is 19.4 Å². The summed E-state index contributed by atoms with van der Waals surface area (Å²) >= 11 is 0. The highest BCUT2D eigenvalue weighted by Crippen LogP contribution is 2.12. The third kappa shape index (κ3) is 5.19. The third-order valence-corrected chi connectivity index (χ3v) is 2.87. The molecule has 0 heterocycles. The van der Waals surface area contributed by atoms with E-state index >= 15 is 0 Å². The zero-order valence-corrected chi connectivity index (χ0v) is 11.2. The Morgan fingerprint density at radius 1 is 1.33 bits per heavy atom. The highest BCUT2D eigenvalue weighted by Gasteiger charge is 2.03. The number of hydrogen-bond donors (Lipinski definition) is 1. The molecule has 0 aliphatic carbocycles. The Labute approximate surface area is 108 Å². The van der Waals surface area contributed by atoms with Gasteiger partial charge in [0.2, 0.25) is 0 Å². The molecule has 1 rings (SSSR count). The molecule has 100 valence electrons. The molecule has 1 aromatic rings. The van der Waals surface area contributed by atoms with E-state index in [1.165, 1.54) is 0 Å². The van der Waals surface area contributed by atoms with Crippen molar-refractivity contribution in [2.75, 3.05) is 20.2 Å². The predicted octanol–water partition coefficient (Wildman–Crippen LogP) is 2.03. The minimum atomic E-state index is -0.817. The Balaban J connectivity index is 2.37. The summed E-state index contributed by atoms with van der Waals surface area (Å²) in [4.78, 5) is 12.7. The first-order valence-electron chi connectivity index (χ1n) is 6.13. The monoisotopic (exact) mass is 251 g/mol. The quantitative estimate of drug-likeness (QED) is 0.805. The Bertz CT molecular complexity index is 373. The summed E-state index contributed by atoms with van der Waals surface area (Å²) in [5, 5.41) is 8.65. The topological polar surface area (TPSA) is 49.8 Å². The lowest BCUT2D eigenvalue weighted by molar-refractivity contribution is -0.136. The number of carbonyl (C=O) groups is 1. The first-order chi connectivity index (χ1) is 8.49. The van der Waals surface area contributed by atoms with Crippen LogP contribution in [-0.2, 0) is 11.2 Å². The zero-order chi connectivity index (χ0) is 13.5. The molecule has 0 saturated carbocycles. The maximum atomic E-state index is 10.5. The number of likely N-dealkylation sites (N-methyl/N-ethyl adjacent to an activating group) is 1. The van der Waals surface area contributed by atoms with Crippen molar-refractivity contribution in [2.45, 2.75) is 26.3 Å². The van der Waals surface area contributed by atoms with Gasteiger partial charge in [-0.3, -0.25) is 4.79 Å². The van der Waals surface area contributed by atoms with Gasteiger partial charge in [-0.1, -0.05) is 12.1 Å². The smallest absolute Gasteiger partial charge is 0.307 e. The molecule has 0 aliphatic rings. The van der Waals surface area contributed by atoms with E-state index in [1.54, 1.807) is 12.1 Å². The number of aliphatic carboxylic acids is 1. The summed E-state index contributed by atoms with van der Waals surface area (Å²) < 4.78 is 5.60. The molecule has 0 radical (unpaired) electrons. The molecule has 0 spiro atoms. The molecule has 0 bridgehead atoms. The van der Waals surface area contributed by atoms with Gasteiger partial charge in [-0.15, -0.1) is 0 Å². The van der Waals surface area contributed by atoms with Gasteiger partial charge in [0, 0.05) is 12.6 Å². The summed E-state index contributed by atoms with van der Waals surface area (Å²) in [6.45, 7) is 5.78. The number of nitrogens with zero attached hydrogens (tertiary/aromatic N) is 1. The van der Waals surface area contributed by atoms with E-state index in [0.717, 1.165) is 17.9 Å². The molecule has 4 heteroatoms. The van der Waals surface area contributed by atoms with Crippen LogP contribution in [0.5, 0.6) is 5.75 Å². The highest BCUT2D eigenvalue weighted by molar-refractivity contribution is 5.70. The second-order valence-electron chi connectivity index (χ2n) is 4.64. The van der Waals surface area contributed by atoms with Gasteiger partial charge in [0.25, 0.3) is 0 Å². The van der Waals surface area contributed by atoms with E-state index in [2.05, 4.69) is 25.8 Å². The molecule has 0 atom stereocenters. The Kier molecular flexibility index (Phi) is 5.65. The zero-order valence-electron chi connectivity index (χ0n) is 11.2. The number of carboxylic acids is 1. The maximum Gasteiger partial charge on any atom is 0.307 e. The Morgan fingerprint density at radius 2 is 1.94 bits per heavy atom. The highest BCUT2D eigenvalue weighted by atomic mass is 16.5. The first kappa shape index (κ1) is 14.5. The third-order valence-electron chi connectivity index (χ3n) is 2.87. The van der Waals surface area contributed by atoms with Crippen molar-refractivity contribution in [3.63, 3.8) is 0 Å². The van der Waals surface area contributed by atoms with Gasteiger partial charge < -0.3 is 14.7 Å². The van der Waals surface area contributed by atoms with Crippen molar-refractivity contribution in [3.8, 4) is 5.75 Å². The lowest BCUT2D eigenvalue weighted by Gasteiger charge is -2.20. The SMILES string of the molecule is CC(C)N(C)CCOc1ccc(CC(=O)O)cc1. The molecule has 0 aliphatic heterocycles. The molecular weight excluding hydrogens is 230 g/mol. The van der Waals surface area contributed by atoms with Crippen LogP contribution in [0.2, 0.25) is 0 Å². The number of benzene rings is 1. The van der Waals surface area contributed by atoms with E-state index in [0.29, 0.717) is 12.6 Å². The summed E-state index contributed by atoms with van der Waals surface area (Å²) in [6.07, 6.45) is 0.0520. The lowest BCUT2D eigenvalue weighted by atomic mass is 10.1. The average Bonchev–Trinajstić information content (AvgIpc) is 2.30. The molecule has 0 saturated heterocycles. The van der Waals surface area contributed by atoms with Crippen molar-refractivity contribution in [2.24, 2.45) is 0 Å². The van der Waals surface area contributed by atoms with E-state index in [9.17, 15) is 4.79 Å². The Hall–Kier alpha value is -1.55. The predicted molar refractivity (Wildman–Crippen MR) is 71.0 cm³/mol. The van der Waals surface area contributed by atoms with Crippen LogP contribution in [0.15, 0.2) is 24.3 Å². The second kappa shape index (κ2) is 7.01. The lowest BCUT2D eigenvalue weighted by Crippen LogP contribution is -2.30. The van der Waals surface area contributed by atoms with E-state index in [1.807, 2.05) is 12.1 Å². The van der Waals surface area contributed by atoms with Crippen LogP contribution < -0.4 is 4.74 Å². The summed E-state index contributed by atoms with van der Waals surface area (Å²) in [5.74, 6) is -0.0384. The number of ether oxygens (including phenoxy) is 1. The van der Waals surface area contributed by atoms with Crippen molar-refractivity contribution in [1.82, 2.24) is 4.90 Å². The van der Waals surface area contributed by atoms with Gasteiger partial charge in [0.15, 0.2) is 0 Å². The van der Waals surface area contributed by atoms with Crippen molar-refractivity contribution >= 4 is 5.97 Å². The van der Waals surface area contributed by atoms with Gasteiger partial charge >= 0.3 is 5.97 Å². The molecule has 0 unspecified atom stereocenters. The molecule has 4 nitrogen and oxygen atoms in total. The van der Waals surface area contributed by atoms with Gasteiger partial charge in [0.1, 0.15) is 12.4 Å². The molecule has 1 N–H and O–H groups in total. The number of hydrogen-bond acceptors (Lipinski definition) is 3. The number of rotatable bonds is 7. The minimum absolute atomic E-state index is 0.0520. The largest absolute Gasteiger partial charge is 0.492 e. The molecule has 18 heavy (non-hydrogen) atoms. The average molecular weight is 251 g/mol. The van der Waals surface area contributed by atoms with Gasteiger partial charge in [0.05, 0.1) is 6.42 Å². The van der Waals surface area contributed by atoms with Gasteiger partial charge in [-0.2, -0.15) is 0 Å². The van der Waals surface area contributed by atoms with E-state index < -0.39 is 5.97 Å². The standard InChI is InChI=1S/C14H21NO3/c1-11(2)15(3)8-9-18-13-6-4-12(5-7-13)10-14(16)17/h4-7,11H,8-10H2,1-3H3,(H,16,17). The second-order valence-corrected chi connectivity index (χ2v) is 4.64. The molecule has 1 aromatic carbocycles. The summed E-state index contributed by atoms with van der Waals surface area (Å²) in [6, 6.07) is 7.71. The van der Waals surface area contributed by atoms with Crippen molar-refractivity contribution < 1.29 is 14.6 Å². The van der Waals surface area contributed by atoms with Crippen LogP contribution in [-0.4, -0.2) is 42.2 Å². The van der Waals surface area contributed by atoms with Crippen LogP contribution in [0.3, 0.4) is 0 Å². The molecular formula is C14H21NO3. The van der Waals surface area contributed by atoms with E-state index in [-0.39, 0.29) is 6.42 Å². The minimum Gasteiger partial charge on any atom is -0.492 e. The van der Waals surface area contributed by atoms with Crippen LogP contribution in [0.4, 0.5) is 0 Å². The van der Waals surface area contributed by atoms with Crippen LogP contribution >= 0.6 is 0 Å². The first-order valence-corrected chi connectivity index (χ1v) is 6.13. The van der Waals surface area contributed by atoms with E-state index in [4.69, 9.17) is 9.84 Å². The maximum absolute atomic E-state index is 10.5. The van der Waals surface area contributed by atoms with Gasteiger partial charge in [-0.25, -0.2) is 0 Å². The normalized spacial score (nSPS) is 10.9. The van der Waals surface area contributed by atoms with Gasteiger partial charge in [-0.05, 0) is 38.6 Å².